The van der Waals surface area contributed by atoms with Gasteiger partial charge in [-0.25, -0.2) is 22.8 Å². The van der Waals surface area contributed by atoms with Crippen LogP contribution in [-0.4, -0.2) is 57.6 Å². The fourth-order valence-corrected chi connectivity index (χ4v) is 7.11. The largest absolute Gasteiger partial charge is 0.476 e. The van der Waals surface area contributed by atoms with Gasteiger partial charge in [0, 0.05) is 37.6 Å². The molecule has 0 aromatic carbocycles. The second kappa shape index (κ2) is 9.90. The smallest absolute Gasteiger partial charge is 0.268 e. The fourth-order valence-electron chi connectivity index (χ4n) is 5.92. The van der Waals surface area contributed by atoms with Gasteiger partial charge in [0.25, 0.3) is 15.9 Å². The normalized spacial score (nSPS) is 18.9. The van der Waals surface area contributed by atoms with Gasteiger partial charge in [-0.15, -0.1) is 5.10 Å². The van der Waals surface area contributed by atoms with Crippen molar-refractivity contribution >= 4 is 21.7 Å². The maximum Gasteiger partial charge on any atom is 0.268 e. The summed E-state index contributed by atoms with van der Waals surface area (Å²) in [6.45, 7) is 7.18. The summed E-state index contributed by atoms with van der Waals surface area (Å²) in [5.41, 5.74) is 0.247. The van der Waals surface area contributed by atoms with E-state index in [4.69, 9.17) is 9.72 Å². The molecule has 3 aliphatic rings. The fraction of sp³-hybridized carbons (Fsp3) is 0.571. The Morgan fingerprint density at radius 2 is 1.88 bits per heavy atom. The number of aryl methyl sites for hydroxylation is 2. The van der Waals surface area contributed by atoms with Gasteiger partial charge >= 0.3 is 0 Å². The number of pyridine rings is 1. The van der Waals surface area contributed by atoms with Crippen molar-refractivity contribution in [3.8, 4) is 11.7 Å². The standard InChI is InChI=1S/C28H37N7O4S/c1-18-23(16-33(4)30-18)40(37,38)32-27(36)21-10-11-24(29-26(21)34-14-5-13-28(34,2)3)35-15-12-25(31-35)39-17-22(19-6-7-19)20-8-9-20/h10-12,15-16,19-20,22H,5-9,13-14,17H2,1-4H3,(H,32,36). The molecule has 2 aliphatic carbocycles. The van der Waals surface area contributed by atoms with Crippen LogP contribution in [0, 0.1) is 24.7 Å². The van der Waals surface area contributed by atoms with E-state index in [-0.39, 0.29) is 16.0 Å². The molecule has 1 aliphatic heterocycles. The van der Waals surface area contributed by atoms with Gasteiger partial charge in [0.1, 0.15) is 10.7 Å². The lowest BCUT2D eigenvalue weighted by Crippen LogP contribution is -2.41. The van der Waals surface area contributed by atoms with Gasteiger partial charge in [-0.05, 0) is 89.2 Å². The summed E-state index contributed by atoms with van der Waals surface area (Å²) in [4.78, 5) is 20.3. The molecule has 3 fully saturated rings. The van der Waals surface area contributed by atoms with E-state index in [0.717, 1.165) is 24.7 Å². The van der Waals surface area contributed by atoms with Crippen molar-refractivity contribution < 1.29 is 17.9 Å². The average Bonchev–Trinajstić information content (AvgIpc) is 3.80. The van der Waals surface area contributed by atoms with Crippen molar-refractivity contribution in [3.63, 3.8) is 0 Å². The number of nitrogens with one attached hydrogen (secondary N) is 1. The molecule has 214 valence electrons. The van der Waals surface area contributed by atoms with E-state index < -0.39 is 15.9 Å². The summed E-state index contributed by atoms with van der Waals surface area (Å²) in [5.74, 6) is 2.98. The highest BCUT2D eigenvalue weighted by molar-refractivity contribution is 7.90. The zero-order valence-electron chi connectivity index (χ0n) is 23.5. The van der Waals surface area contributed by atoms with Crippen LogP contribution in [0.15, 0.2) is 35.5 Å². The summed E-state index contributed by atoms with van der Waals surface area (Å²) in [7, 11) is -2.49. The monoisotopic (exact) mass is 567 g/mol. The molecule has 40 heavy (non-hydrogen) atoms. The van der Waals surface area contributed by atoms with Crippen LogP contribution >= 0.6 is 0 Å². The van der Waals surface area contributed by atoms with Gasteiger partial charge in [0.2, 0.25) is 5.88 Å². The number of hydrogen-bond donors (Lipinski definition) is 1. The average molecular weight is 568 g/mol. The Hall–Kier alpha value is -3.41. The van der Waals surface area contributed by atoms with E-state index in [1.54, 1.807) is 37.0 Å². The number of carbonyl (C=O) groups excluding carboxylic acids is 1. The lowest BCUT2D eigenvalue weighted by atomic mass is 9.99. The first kappa shape index (κ1) is 26.8. The molecule has 1 saturated heterocycles. The molecule has 0 radical (unpaired) electrons. The Morgan fingerprint density at radius 1 is 1.15 bits per heavy atom. The third kappa shape index (κ3) is 5.33. The minimum Gasteiger partial charge on any atom is -0.476 e. The number of anilines is 1. The molecular formula is C28H37N7O4S. The van der Waals surface area contributed by atoms with Crippen LogP contribution < -0.4 is 14.4 Å². The van der Waals surface area contributed by atoms with Crippen molar-refractivity contribution in [2.45, 2.75) is 69.7 Å². The number of rotatable bonds is 10. The minimum absolute atomic E-state index is 0.0364. The van der Waals surface area contributed by atoms with E-state index in [1.807, 2.05) is 6.07 Å². The Morgan fingerprint density at radius 3 is 2.48 bits per heavy atom. The van der Waals surface area contributed by atoms with Gasteiger partial charge in [-0.2, -0.15) is 5.10 Å². The second-order valence-electron chi connectivity index (χ2n) is 12.0. The number of hydrogen-bond acceptors (Lipinski definition) is 8. The molecule has 1 N–H and O–H groups in total. The number of sulfonamides is 1. The molecule has 11 nitrogen and oxygen atoms in total. The van der Waals surface area contributed by atoms with Crippen LogP contribution in [0.1, 0.15) is 68.4 Å². The molecule has 2 saturated carbocycles. The molecule has 3 aromatic heterocycles. The summed E-state index contributed by atoms with van der Waals surface area (Å²) < 4.78 is 37.5. The van der Waals surface area contributed by atoms with E-state index >= 15 is 0 Å². The molecule has 0 bridgehead atoms. The van der Waals surface area contributed by atoms with Crippen LogP contribution in [0.2, 0.25) is 0 Å². The number of carbonyl (C=O) groups is 1. The van der Waals surface area contributed by atoms with Crippen LogP contribution in [0.25, 0.3) is 5.82 Å². The Bertz CT molecular complexity index is 1520. The zero-order chi connectivity index (χ0) is 28.2. The highest BCUT2D eigenvalue weighted by Crippen LogP contribution is 2.49. The van der Waals surface area contributed by atoms with E-state index in [9.17, 15) is 13.2 Å². The Balaban J connectivity index is 1.27. The first-order chi connectivity index (χ1) is 19.0. The van der Waals surface area contributed by atoms with Gasteiger partial charge in [-0.1, -0.05) is 0 Å². The minimum atomic E-state index is -4.13. The van der Waals surface area contributed by atoms with Gasteiger partial charge in [0.05, 0.1) is 17.9 Å². The van der Waals surface area contributed by atoms with Gasteiger partial charge < -0.3 is 9.64 Å². The maximum absolute atomic E-state index is 13.4. The van der Waals surface area contributed by atoms with Crippen molar-refractivity contribution in [1.82, 2.24) is 29.3 Å². The number of ether oxygens (including phenoxy) is 1. The number of nitrogens with zero attached hydrogens (tertiary/aromatic N) is 6. The molecule has 1 amide bonds. The zero-order valence-corrected chi connectivity index (χ0v) is 24.3. The highest BCUT2D eigenvalue weighted by Gasteiger charge is 2.42. The highest BCUT2D eigenvalue weighted by atomic mass is 32.2. The maximum atomic E-state index is 13.4. The lowest BCUT2D eigenvalue weighted by Gasteiger charge is -2.34. The molecule has 0 spiro atoms. The molecule has 12 heteroatoms. The predicted octanol–water partition coefficient (Wildman–Crippen LogP) is 3.62. The van der Waals surface area contributed by atoms with E-state index in [1.165, 1.54) is 36.6 Å². The van der Waals surface area contributed by atoms with Crippen LogP contribution in [0.3, 0.4) is 0 Å². The van der Waals surface area contributed by atoms with Crippen molar-refractivity contribution in [3.05, 3.63) is 41.9 Å². The van der Waals surface area contributed by atoms with Gasteiger partial charge in [-0.3, -0.25) is 9.48 Å². The van der Waals surface area contributed by atoms with Crippen molar-refractivity contribution in [1.29, 1.82) is 0 Å². The van der Waals surface area contributed by atoms with Crippen LogP contribution in [0.4, 0.5) is 5.82 Å². The quantitative estimate of drug-likeness (QED) is 0.394. The lowest BCUT2D eigenvalue weighted by molar-refractivity contribution is 0.0981. The third-order valence-corrected chi connectivity index (χ3v) is 9.86. The first-order valence-corrected chi connectivity index (χ1v) is 15.5. The van der Waals surface area contributed by atoms with Crippen LogP contribution in [0.5, 0.6) is 5.88 Å². The summed E-state index contributed by atoms with van der Waals surface area (Å²) in [6, 6.07) is 5.13. The Labute approximate surface area is 235 Å². The predicted molar refractivity (Wildman–Crippen MR) is 149 cm³/mol. The van der Waals surface area contributed by atoms with Crippen molar-refractivity contribution in [2.75, 3.05) is 18.1 Å². The molecule has 0 unspecified atom stereocenters. The second-order valence-corrected chi connectivity index (χ2v) is 13.7. The van der Waals surface area contributed by atoms with E-state index in [2.05, 4.69) is 33.7 Å². The van der Waals surface area contributed by atoms with E-state index in [0.29, 0.717) is 42.3 Å². The molecule has 6 rings (SSSR count). The number of amides is 1. The summed E-state index contributed by atoms with van der Waals surface area (Å²) >= 11 is 0. The SMILES string of the molecule is Cc1nn(C)cc1S(=O)(=O)NC(=O)c1ccc(-n2ccc(OCC(C3CC3)C3CC3)n2)nc1N1CCCC1(C)C. The molecular weight excluding hydrogens is 530 g/mol. The third-order valence-electron chi connectivity index (χ3n) is 8.42. The molecule has 3 aromatic rings. The Kier molecular flexibility index (Phi) is 6.63. The van der Waals surface area contributed by atoms with Gasteiger partial charge in [0.15, 0.2) is 5.82 Å². The summed E-state index contributed by atoms with van der Waals surface area (Å²) in [5, 5.41) is 8.71. The molecule has 0 atom stereocenters. The number of aromatic nitrogens is 5. The van der Waals surface area contributed by atoms with Crippen molar-refractivity contribution in [2.24, 2.45) is 24.8 Å². The molecule has 4 heterocycles. The van der Waals surface area contributed by atoms with Crippen LogP contribution in [-0.2, 0) is 17.1 Å². The topological polar surface area (TPSA) is 124 Å². The first-order valence-electron chi connectivity index (χ1n) is 14.1. The summed E-state index contributed by atoms with van der Waals surface area (Å²) in [6.07, 6.45) is 10.3.